The zero-order chi connectivity index (χ0) is 28.0. The molecule has 0 fully saturated rings. The Morgan fingerprint density at radius 3 is 1.03 bits per heavy atom. The van der Waals surface area contributed by atoms with Gasteiger partial charge in [-0.15, -0.1) is 0 Å². The molecule has 0 aliphatic heterocycles. The van der Waals surface area contributed by atoms with Crippen molar-refractivity contribution in [1.29, 1.82) is 10.8 Å². The fourth-order valence-electron chi connectivity index (χ4n) is 2.32. The summed E-state index contributed by atoms with van der Waals surface area (Å²) in [7, 11) is 17.3. The van der Waals surface area contributed by atoms with Crippen molar-refractivity contribution in [2.24, 2.45) is 0 Å². The third kappa shape index (κ3) is 11.8. The summed E-state index contributed by atoms with van der Waals surface area (Å²) in [6.07, 6.45) is 0. The fraction of sp³-hybridized carbons (Fsp3) is 0.333. The van der Waals surface area contributed by atoms with Crippen molar-refractivity contribution >= 4 is 45.4 Å². The van der Waals surface area contributed by atoms with Gasteiger partial charge in [0.05, 0.1) is 11.1 Å². The average molecular weight is 537 g/mol. The SMILES string of the molecule is CN(C)C(=N)N(C)C.CN(C)C(=N)N(C)C.O=C(O)c1ccccc1SSc1ccccc1C(=O)O. The molecule has 0 aromatic heterocycles. The van der Waals surface area contributed by atoms with E-state index in [1.807, 2.05) is 56.4 Å². The molecule has 0 spiro atoms. The summed E-state index contributed by atoms with van der Waals surface area (Å²) < 4.78 is 0. The smallest absolute Gasteiger partial charge is 0.336 e. The standard InChI is InChI=1S/C14H10O4S2.2C5H13N3/c15-13(16)9-5-1-3-7-11(9)19-20-12-8-4-2-6-10(12)14(17)18;2*1-7(2)5(6)8(3)4/h1-8H,(H,15,16)(H,17,18);2*6H,1-4H3. The Kier molecular flexibility index (Phi) is 14.8. The Hall–Kier alpha value is -3.38. The van der Waals surface area contributed by atoms with Gasteiger partial charge in [0.2, 0.25) is 0 Å². The maximum Gasteiger partial charge on any atom is 0.336 e. The van der Waals surface area contributed by atoms with Crippen molar-refractivity contribution in [2.75, 3.05) is 56.4 Å². The molecule has 198 valence electrons. The summed E-state index contributed by atoms with van der Waals surface area (Å²) in [5.74, 6) is -0.963. The van der Waals surface area contributed by atoms with Crippen LogP contribution >= 0.6 is 21.6 Å². The van der Waals surface area contributed by atoms with Crippen LogP contribution in [0.2, 0.25) is 0 Å². The largest absolute Gasteiger partial charge is 0.478 e. The maximum atomic E-state index is 11.1. The van der Waals surface area contributed by atoms with Crippen LogP contribution < -0.4 is 0 Å². The molecule has 0 amide bonds. The minimum atomic E-state index is -1.000. The molecule has 0 heterocycles. The van der Waals surface area contributed by atoms with Gasteiger partial charge in [0, 0.05) is 66.2 Å². The number of nitrogens with one attached hydrogen (secondary N) is 2. The van der Waals surface area contributed by atoms with Gasteiger partial charge in [-0.25, -0.2) is 9.59 Å². The van der Waals surface area contributed by atoms with Gasteiger partial charge in [-0.2, -0.15) is 0 Å². The van der Waals surface area contributed by atoms with E-state index in [0.717, 1.165) is 0 Å². The molecule has 0 unspecified atom stereocenters. The summed E-state index contributed by atoms with van der Waals surface area (Å²) in [6.45, 7) is 0. The molecule has 2 aromatic rings. The Balaban J connectivity index is 0.000000634. The van der Waals surface area contributed by atoms with E-state index in [2.05, 4.69) is 0 Å². The molecule has 36 heavy (non-hydrogen) atoms. The number of carboxylic acids is 2. The first-order valence-corrected chi connectivity index (χ1v) is 12.7. The molecule has 0 aliphatic rings. The van der Waals surface area contributed by atoms with Crippen LogP contribution in [0.3, 0.4) is 0 Å². The van der Waals surface area contributed by atoms with Crippen LogP contribution in [0.5, 0.6) is 0 Å². The van der Waals surface area contributed by atoms with Crippen LogP contribution in [0.4, 0.5) is 0 Å². The van der Waals surface area contributed by atoms with Crippen molar-refractivity contribution in [3.63, 3.8) is 0 Å². The van der Waals surface area contributed by atoms with E-state index in [1.54, 1.807) is 56.0 Å². The van der Waals surface area contributed by atoms with Crippen LogP contribution in [-0.4, -0.2) is 110 Å². The second-order valence-corrected chi connectivity index (χ2v) is 10.2. The highest BCUT2D eigenvalue weighted by atomic mass is 33.1. The van der Waals surface area contributed by atoms with E-state index in [1.165, 1.54) is 33.7 Å². The number of guanidine groups is 2. The molecule has 4 N–H and O–H groups in total. The molecule has 10 nitrogen and oxygen atoms in total. The second-order valence-electron chi connectivity index (χ2n) is 7.99. The molecule has 2 rings (SSSR count). The highest BCUT2D eigenvalue weighted by Gasteiger charge is 2.13. The maximum absolute atomic E-state index is 11.1. The van der Waals surface area contributed by atoms with Gasteiger partial charge < -0.3 is 29.8 Å². The van der Waals surface area contributed by atoms with Gasteiger partial charge in [0.25, 0.3) is 0 Å². The molecular formula is C24H36N6O4S2. The summed E-state index contributed by atoms with van der Waals surface area (Å²) in [5, 5.41) is 32.7. The molecule has 12 heteroatoms. The number of nitrogens with zero attached hydrogens (tertiary/aromatic N) is 4. The van der Waals surface area contributed by atoms with Crippen LogP contribution in [0.15, 0.2) is 58.3 Å². The zero-order valence-corrected chi connectivity index (χ0v) is 23.6. The first-order valence-electron chi connectivity index (χ1n) is 10.6. The molecule has 2 aromatic carbocycles. The van der Waals surface area contributed by atoms with E-state index in [4.69, 9.17) is 21.0 Å². The highest BCUT2D eigenvalue weighted by molar-refractivity contribution is 8.76. The number of hydrogen-bond acceptors (Lipinski definition) is 6. The van der Waals surface area contributed by atoms with E-state index >= 15 is 0 Å². The van der Waals surface area contributed by atoms with Crippen molar-refractivity contribution in [3.8, 4) is 0 Å². The number of hydrogen-bond donors (Lipinski definition) is 4. The third-order valence-corrected chi connectivity index (χ3v) is 6.63. The Morgan fingerprint density at radius 2 is 0.833 bits per heavy atom. The van der Waals surface area contributed by atoms with Crippen molar-refractivity contribution < 1.29 is 19.8 Å². The molecule has 0 bridgehead atoms. The minimum Gasteiger partial charge on any atom is -0.478 e. The van der Waals surface area contributed by atoms with Crippen LogP contribution in [0.25, 0.3) is 0 Å². The summed E-state index contributed by atoms with van der Waals surface area (Å²) >= 11 is 0. The molecule has 0 radical (unpaired) electrons. The van der Waals surface area contributed by atoms with Gasteiger partial charge in [0.1, 0.15) is 0 Å². The first kappa shape index (κ1) is 32.6. The second kappa shape index (κ2) is 16.3. The van der Waals surface area contributed by atoms with Gasteiger partial charge in [0.15, 0.2) is 11.9 Å². The number of carbonyl (C=O) groups is 2. The lowest BCUT2D eigenvalue weighted by atomic mass is 10.2. The lowest BCUT2D eigenvalue weighted by molar-refractivity contribution is 0.0682. The first-order chi connectivity index (χ1) is 16.7. The normalized spacial score (nSPS) is 9.44. The molecule has 0 aliphatic carbocycles. The minimum absolute atomic E-state index is 0.206. The van der Waals surface area contributed by atoms with Crippen molar-refractivity contribution in [3.05, 3.63) is 59.7 Å². The van der Waals surface area contributed by atoms with Crippen molar-refractivity contribution in [1.82, 2.24) is 19.6 Å². The summed E-state index contributed by atoms with van der Waals surface area (Å²) in [5.41, 5.74) is 0.413. The van der Waals surface area contributed by atoms with E-state index in [0.29, 0.717) is 21.7 Å². The molecular weight excluding hydrogens is 500 g/mol. The number of rotatable bonds is 5. The van der Waals surface area contributed by atoms with Gasteiger partial charge in [-0.3, -0.25) is 10.8 Å². The molecule has 0 atom stereocenters. The van der Waals surface area contributed by atoms with Gasteiger partial charge in [-0.05, 0) is 24.3 Å². The lowest BCUT2D eigenvalue weighted by Crippen LogP contribution is -2.34. The summed E-state index contributed by atoms with van der Waals surface area (Å²) in [4.78, 5) is 30.4. The zero-order valence-electron chi connectivity index (χ0n) is 21.9. The monoisotopic (exact) mass is 536 g/mol. The number of benzene rings is 2. The van der Waals surface area contributed by atoms with Gasteiger partial charge >= 0.3 is 11.9 Å². The lowest BCUT2D eigenvalue weighted by Gasteiger charge is -2.19. The van der Waals surface area contributed by atoms with E-state index < -0.39 is 11.9 Å². The number of aromatic carboxylic acids is 2. The highest BCUT2D eigenvalue weighted by Crippen LogP contribution is 2.40. The fourth-order valence-corrected chi connectivity index (χ4v) is 4.67. The van der Waals surface area contributed by atoms with Crippen LogP contribution in [0, 0.1) is 10.8 Å². The van der Waals surface area contributed by atoms with Crippen molar-refractivity contribution in [2.45, 2.75) is 9.79 Å². The van der Waals surface area contributed by atoms with Gasteiger partial charge in [-0.1, -0.05) is 45.9 Å². The van der Waals surface area contributed by atoms with Crippen LogP contribution in [-0.2, 0) is 0 Å². The average Bonchev–Trinajstić information content (AvgIpc) is 2.82. The topological polar surface area (TPSA) is 135 Å². The Morgan fingerprint density at radius 1 is 0.583 bits per heavy atom. The predicted molar refractivity (Wildman–Crippen MR) is 149 cm³/mol. The van der Waals surface area contributed by atoms with E-state index in [9.17, 15) is 9.59 Å². The number of carboxylic acid groups (broad SMARTS) is 2. The predicted octanol–water partition coefficient (Wildman–Crippen LogP) is 3.97. The van der Waals surface area contributed by atoms with Crippen LogP contribution in [0.1, 0.15) is 20.7 Å². The quantitative estimate of drug-likeness (QED) is 0.252. The summed E-state index contributed by atoms with van der Waals surface area (Å²) in [6, 6.07) is 13.3. The van der Waals surface area contributed by atoms with E-state index in [-0.39, 0.29) is 11.1 Å². The Bertz CT molecular complexity index is 928. The molecule has 0 saturated heterocycles. The third-order valence-electron chi connectivity index (χ3n) is 4.15. The Labute approximate surface area is 221 Å². The molecule has 0 saturated carbocycles.